The molecule has 2 aliphatic heterocycles. The quantitative estimate of drug-likeness (QED) is 0.870. The Kier molecular flexibility index (Phi) is 5.48. The normalized spacial score (nSPS) is 19.5. The van der Waals surface area contributed by atoms with Crippen molar-refractivity contribution in [3.05, 3.63) is 36.0 Å². The van der Waals surface area contributed by atoms with Crippen molar-refractivity contribution >= 4 is 11.8 Å². The third-order valence-corrected chi connectivity index (χ3v) is 5.57. The Balaban J connectivity index is 1.36. The lowest BCUT2D eigenvalue weighted by atomic mass is 10.0. The monoisotopic (exact) mass is 367 g/mol. The number of hydrogen-bond donors (Lipinski definition) is 1. The Morgan fingerprint density at radius 3 is 2.56 bits per heavy atom. The molecule has 1 unspecified atom stereocenters. The third kappa shape index (κ3) is 4.35. The van der Waals surface area contributed by atoms with Gasteiger partial charge in [-0.1, -0.05) is 0 Å². The standard InChI is InChI=1S/C20H29N7/c1-15-13-19(25-20(23-15)27-9-3-4-10-27)26-11-6-17(7-12-26)24-16(2)18-5-8-21-14-22-18/h5,8,13-14,16-17,24H,3-4,6-7,9-12H2,1-2H3. The van der Waals surface area contributed by atoms with Crippen LogP contribution in [0.1, 0.15) is 50.0 Å². The van der Waals surface area contributed by atoms with Crippen molar-refractivity contribution in [2.75, 3.05) is 36.0 Å². The molecule has 0 amide bonds. The summed E-state index contributed by atoms with van der Waals surface area (Å²) in [7, 11) is 0. The van der Waals surface area contributed by atoms with Gasteiger partial charge in [-0.25, -0.2) is 15.0 Å². The fraction of sp³-hybridized carbons (Fsp3) is 0.600. The van der Waals surface area contributed by atoms with E-state index >= 15 is 0 Å². The Hall–Kier alpha value is -2.28. The van der Waals surface area contributed by atoms with Crippen LogP contribution >= 0.6 is 0 Å². The summed E-state index contributed by atoms with van der Waals surface area (Å²) in [5.41, 5.74) is 2.11. The summed E-state index contributed by atoms with van der Waals surface area (Å²) in [6, 6.07) is 4.85. The molecule has 2 aromatic heterocycles. The zero-order valence-electron chi connectivity index (χ0n) is 16.3. The molecule has 0 aromatic carbocycles. The second-order valence-electron chi connectivity index (χ2n) is 7.65. The van der Waals surface area contributed by atoms with Gasteiger partial charge in [0.05, 0.1) is 5.69 Å². The molecule has 2 aromatic rings. The van der Waals surface area contributed by atoms with E-state index in [1.165, 1.54) is 12.8 Å². The summed E-state index contributed by atoms with van der Waals surface area (Å²) in [5, 5.41) is 3.72. The van der Waals surface area contributed by atoms with Gasteiger partial charge in [0.1, 0.15) is 12.1 Å². The van der Waals surface area contributed by atoms with E-state index in [1.54, 1.807) is 12.5 Å². The van der Waals surface area contributed by atoms with Crippen molar-refractivity contribution in [3.63, 3.8) is 0 Å². The van der Waals surface area contributed by atoms with Crippen LogP contribution in [0.15, 0.2) is 24.7 Å². The SMILES string of the molecule is Cc1cc(N2CCC(NC(C)c3ccncn3)CC2)nc(N2CCCC2)n1. The van der Waals surface area contributed by atoms with Crippen LogP contribution in [0.5, 0.6) is 0 Å². The van der Waals surface area contributed by atoms with Gasteiger partial charge >= 0.3 is 0 Å². The maximum atomic E-state index is 4.88. The average Bonchev–Trinajstić information content (AvgIpc) is 3.24. The molecular weight excluding hydrogens is 338 g/mol. The largest absolute Gasteiger partial charge is 0.356 e. The molecule has 0 saturated carbocycles. The van der Waals surface area contributed by atoms with Crippen LogP contribution in [0.25, 0.3) is 0 Å². The first kappa shape index (κ1) is 18.1. The van der Waals surface area contributed by atoms with Crippen molar-refractivity contribution in [2.45, 2.75) is 51.6 Å². The first-order valence-corrected chi connectivity index (χ1v) is 10.1. The summed E-state index contributed by atoms with van der Waals surface area (Å²) in [6.07, 6.45) is 8.13. The molecule has 0 aliphatic carbocycles. The van der Waals surface area contributed by atoms with E-state index in [4.69, 9.17) is 4.98 Å². The zero-order valence-corrected chi connectivity index (χ0v) is 16.3. The van der Waals surface area contributed by atoms with E-state index in [0.29, 0.717) is 6.04 Å². The molecule has 2 fully saturated rings. The molecule has 4 rings (SSSR count). The van der Waals surface area contributed by atoms with Gasteiger partial charge in [-0.05, 0) is 45.6 Å². The van der Waals surface area contributed by atoms with Crippen LogP contribution in [-0.2, 0) is 0 Å². The Morgan fingerprint density at radius 1 is 1.07 bits per heavy atom. The number of anilines is 2. The fourth-order valence-electron chi connectivity index (χ4n) is 4.03. The number of nitrogens with one attached hydrogen (secondary N) is 1. The summed E-state index contributed by atoms with van der Waals surface area (Å²) in [6.45, 7) is 8.44. The molecule has 27 heavy (non-hydrogen) atoms. The second-order valence-corrected chi connectivity index (χ2v) is 7.65. The van der Waals surface area contributed by atoms with Gasteiger partial charge in [-0.15, -0.1) is 0 Å². The first-order chi connectivity index (χ1) is 13.2. The predicted octanol–water partition coefficient (Wildman–Crippen LogP) is 2.49. The molecule has 4 heterocycles. The van der Waals surface area contributed by atoms with Gasteiger partial charge < -0.3 is 15.1 Å². The Morgan fingerprint density at radius 2 is 1.85 bits per heavy atom. The Labute approximate surface area is 161 Å². The van der Waals surface area contributed by atoms with Crippen LogP contribution in [0.2, 0.25) is 0 Å². The maximum Gasteiger partial charge on any atom is 0.227 e. The van der Waals surface area contributed by atoms with E-state index in [9.17, 15) is 0 Å². The molecule has 2 aliphatic rings. The van der Waals surface area contributed by atoms with E-state index in [0.717, 1.165) is 62.2 Å². The molecular formula is C20H29N7. The van der Waals surface area contributed by atoms with E-state index in [1.807, 2.05) is 6.07 Å². The average molecular weight is 368 g/mol. The molecule has 7 nitrogen and oxygen atoms in total. The van der Waals surface area contributed by atoms with Gasteiger partial charge in [0.2, 0.25) is 5.95 Å². The second kappa shape index (κ2) is 8.17. The minimum atomic E-state index is 0.243. The molecule has 7 heteroatoms. The summed E-state index contributed by atoms with van der Waals surface area (Å²) in [4.78, 5) is 22.6. The minimum absolute atomic E-state index is 0.243. The highest BCUT2D eigenvalue weighted by Crippen LogP contribution is 2.24. The number of rotatable bonds is 5. The minimum Gasteiger partial charge on any atom is -0.356 e. The van der Waals surface area contributed by atoms with Crippen LogP contribution in [0.4, 0.5) is 11.8 Å². The summed E-state index contributed by atoms with van der Waals surface area (Å²) >= 11 is 0. The van der Waals surface area contributed by atoms with Crippen molar-refractivity contribution in [1.82, 2.24) is 25.3 Å². The van der Waals surface area contributed by atoms with Gasteiger partial charge in [-0.3, -0.25) is 0 Å². The van der Waals surface area contributed by atoms with Crippen molar-refractivity contribution in [3.8, 4) is 0 Å². The number of aromatic nitrogens is 4. The van der Waals surface area contributed by atoms with Crippen LogP contribution in [0, 0.1) is 6.92 Å². The van der Waals surface area contributed by atoms with E-state index in [2.05, 4.69) is 50.0 Å². The predicted molar refractivity (Wildman–Crippen MR) is 107 cm³/mol. The molecule has 1 N–H and O–H groups in total. The number of nitrogens with zero attached hydrogens (tertiary/aromatic N) is 6. The Bertz CT molecular complexity index is 737. The highest BCUT2D eigenvalue weighted by Gasteiger charge is 2.23. The summed E-state index contributed by atoms with van der Waals surface area (Å²) in [5.74, 6) is 1.98. The highest BCUT2D eigenvalue weighted by atomic mass is 15.3. The van der Waals surface area contributed by atoms with E-state index < -0.39 is 0 Å². The van der Waals surface area contributed by atoms with Crippen molar-refractivity contribution < 1.29 is 0 Å². The van der Waals surface area contributed by atoms with Crippen LogP contribution in [-0.4, -0.2) is 52.2 Å². The number of aryl methyl sites for hydroxylation is 1. The number of hydrogen-bond acceptors (Lipinski definition) is 7. The van der Waals surface area contributed by atoms with Gasteiger partial charge in [-0.2, -0.15) is 4.98 Å². The zero-order chi connectivity index (χ0) is 18.6. The van der Waals surface area contributed by atoms with Gasteiger partial charge in [0.15, 0.2) is 0 Å². The lowest BCUT2D eigenvalue weighted by Gasteiger charge is -2.35. The highest BCUT2D eigenvalue weighted by molar-refractivity contribution is 5.46. The van der Waals surface area contributed by atoms with Crippen LogP contribution in [0.3, 0.4) is 0 Å². The van der Waals surface area contributed by atoms with Crippen molar-refractivity contribution in [1.29, 1.82) is 0 Å². The van der Waals surface area contributed by atoms with E-state index in [-0.39, 0.29) is 6.04 Å². The molecule has 0 bridgehead atoms. The van der Waals surface area contributed by atoms with Crippen molar-refractivity contribution in [2.24, 2.45) is 0 Å². The number of piperidine rings is 1. The lowest BCUT2D eigenvalue weighted by molar-refractivity contribution is 0.376. The topological polar surface area (TPSA) is 70.1 Å². The first-order valence-electron chi connectivity index (χ1n) is 10.1. The molecule has 1 atom stereocenters. The van der Waals surface area contributed by atoms with Gasteiger partial charge in [0.25, 0.3) is 0 Å². The summed E-state index contributed by atoms with van der Waals surface area (Å²) < 4.78 is 0. The third-order valence-electron chi connectivity index (χ3n) is 5.57. The molecule has 0 spiro atoms. The maximum absolute atomic E-state index is 4.88. The lowest BCUT2D eigenvalue weighted by Crippen LogP contribution is -2.43. The van der Waals surface area contributed by atoms with Gasteiger partial charge in [0, 0.05) is 56.2 Å². The van der Waals surface area contributed by atoms with Crippen LogP contribution < -0.4 is 15.1 Å². The molecule has 144 valence electrons. The molecule has 0 radical (unpaired) electrons. The smallest absolute Gasteiger partial charge is 0.227 e. The fourth-order valence-corrected chi connectivity index (χ4v) is 4.03. The molecule has 2 saturated heterocycles.